The molecule has 58 valence electrons. The van der Waals surface area contributed by atoms with Crippen molar-refractivity contribution in [2.75, 3.05) is 13.2 Å². The minimum atomic E-state index is -0.310. The average Bonchev–Trinajstić information content (AvgIpc) is 2.10. The van der Waals surface area contributed by atoms with Crippen LogP contribution in [0.4, 0.5) is 0 Å². The molecule has 1 heterocycles. The number of carbonyl (C=O) groups excluding carboxylic acids is 1. The summed E-state index contributed by atoms with van der Waals surface area (Å²) in [6.07, 6.45) is 0. The summed E-state index contributed by atoms with van der Waals surface area (Å²) in [5.41, 5.74) is -0.310. The van der Waals surface area contributed by atoms with Gasteiger partial charge in [-0.1, -0.05) is 0 Å². The number of hydrogen-bond donors (Lipinski definition) is 0. The first-order chi connectivity index (χ1) is 4.58. The molecule has 0 aromatic carbocycles. The van der Waals surface area contributed by atoms with Gasteiger partial charge in [0.15, 0.2) is 0 Å². The van der Waals surface area contributed by atoms with E-state index in [1.54, 1.807) is 0 Å². The standard InChI is InChI=1S/C7H13NO2/c1-4-8-6(9)7(2,3)5-10-8/h4-5H2,1-3H3. The maximum absolute atomic E-state index is 11.3. The normalized spacial score (nSPS) is 23.9. The number of hydrogen-bond acceptors (Lipinski definition) is 2. The molecule has 1 fully saturated rings. The van der Waals surface area contributed by atoms with Crippen LogP contribution in [-0.2, 0) is 9.63 Å². The number of nitrogens with zero attached hydrogens (tertiary/aromatic N) is 1. The van der Waals surface area contributed by atoms with E-state index in [4.69, 9.17) is 4.84 Å². The molecule has 3 nitrogen and oxygen atoms in total. The number of carbonyl (C=O) groups is 1. The molecule has 1 aliphatic rings. The van der Waals surface area contributed by atoms with Crippen LogP contribution in [0.5, 0.6) is 0 Å². The molecule has 1 aliphatic heterocycles. The van der Waals surface area contributed by atoms with Crippen LogP contribution in [0.1, 0.15) is 20.8 Å². The lowest BCUT2D eigenvalue weighted by molar-refractivity contribution is -0.161. The van der Waals surface area contributed by atoms with E-state index in [0.29, 0.717) is 13.2 Å². The number of rotatable bonds is 1. The van der Waals surface area contributed by atoms with Crippen LogP contribution in [0.15, 0.2) is 0 Å². The summed E-state index contributed by atoms with van der Waals surface area (Å²) >= 11 is 0. The van der Waals surface area contributed by atoms with Crippen LogP contribution in [-0.4, -0.2) is 24.1 Å². The van der Waals surface area contributed by atoms with Gasteiger partial charge in [0.1, 0.15) is 0 Å². The molecule has 0 unspecified atom stereocenters. The topological polar surface area (TPSA) is 29.5 Å². The molecule has 0 N–H and O–H groups in total. The van der Waals surface area contributed by atoms with Crippen LogP contribution in [0.3, 0.4) is 0 Å². The summed E-state index contributed by atoms with van der Waals surface area (Å²) in [7, 11) is 0. The molecule has 3 heteroatoms. The Balaban J connectivity index is 2.67. The lowest BCUT2D eigenvalue weighted by Crippen LogP contribution is -2.30. The molecule has 10 heavy (non-hydrogen) atoms. The van der Waals surface area contributed by atoms with Crippen LogP contribution in [0.25, 0.3) is 0 Å². The van der Waals surface area contributed by atoms with Crippen molar-refractivity contribution in [2.24, 2.45) is 5.41 Å². The zero-order chi connectivity index (χ0) is 7.78. The third-order valence-electron chi connectivity index (χ3n) is 1.67. The molecule has 0 atom stereocenters. The SMILES string of the molecule is CCN1OCC(C)(C)C1=O. The maximum Gasteiger partial charge on any atom is 0.254 e. The molecule has 1 amide bonds. The Morgan fingerprint density at radius 3 is 2.50 bits per heavy atom. The van der Waals surface area contributed by atoms with Crippen molar-refractivity contribution < 1.29 is 9.63 Å². The molecule has 0 aromatic heterocycles. The second-order valence-electron chi connectivity index (χ2n) is 3.16. The summed E-state index contributed by atoms with van der Waals surface area (Å²) in [5, 5.41) is 1.42. The second kappa shape index (κ2) is 2.23. The van der Waals surface area contributed by atoms with Gasteiger partial charge < -0.3 is 0 Å². The monoisotopic (exact) mass is 143 g/mol. The summed E-state index contributed by atoms with van der Waals surface area (Å²) < 4.78 is 0. The van der Waals surface area contributed by atoms with Gasteiger partial charge in [-0.2, -0.15) is 0 Å². The van der Waals surface area contributed by atoms with Gasteiger partial charge in [0.2, 0.25) is 0 Å². The van der Waals surface area contributed by atoms with E-state index >= 15 is 0 Å². The molecule has 1 saturated heterocycles. The van der Waals surface area contributed by atoms with Gasteiger partial charge in [-0.3, -0.25) is 9.63 Å². The van der Waals surface area contributed by atoms with E-state index in [0.717, 1.165) is 0 Å². The fourth-order valence-electron chi connectivity index (χ4n) is 0.932. The molecule has 1 rings (SSSR count). The lowest BCUT2D eigenvalue weighted by atomic mass is 9.95. The molecule has 0 radical (unpaired) electrons. The lowest BCUT2D eigenvalue weighted by Gasteiger charge is -2.13. The molecule has 0 aliphatic carbocycles. The van der Waals surface area contributed by atoms with Crippen molar-refractivity contribution in [1.29, 1.82) is 0 Å². The van der Waals surface area contributed by atoms with Gasteiger partial charge in [0.05, 0.1) is 12.0 Å². The van der Waals surface area contributed by atoms with Gasteiger partial charge in [-0.05, 0) is 20.8 Å². The third kappa shape index (κ3) is 1.01. The average molecular weight is 143 g/mol. The van der Waals surface area contributed by atoms with Gasteiger partial charge in [0, 0.05) is 6.54 Å². The highest BCUT2D eigenvalue weighted by molar-refractivity contribution is 5.82. The minimum absolute atomic E-state index is 0.0926. The highest BCUT2D eigenvalue weighted by Gasteiger charge is 2.39. The second-order valence-corrected chi connectivity index (χ2v) is 3.16. The fraction of sp³-hybridized carbons (Fsp3) is 0.857. The van der Waals surface area contributed by atoms with Crippen molar-refractivity contribution in [3.8, 4) is 0 Å². The van der Waals surface area contributed by atoms with E-state index in [-0.39, 0.29) is 11.3 Å². The van der Waals surface area contributed by atoms with Crippen molar-refractivity contribution in [1.82, 2.24) is 5.06 Å². The molecule has 0 saturated carbocycles. The van der Waals surface area contributed by atoms with E-state index in [1.165, 1.54) is 5.06 Å². The Morgan fingerprint density at radius 1 is 1.70 bits per heavy atom. The minimum Gasteiger partial charge on any atom is -0.272 e. The van der Waals surface area contributed by atoms with Crippen LogP contribution in [0.2, 0.25) is 0 Å². The van der Waals surface area contributed by atoms with E-state index < -0.39 is 0 Å². The first-order valence-electron chi connectivity index (χ1n) is 3.53. The summed E-state index contributed by atoms with van der Waals surface area (Å²) in [4.78, 5) is 16.4. The summed E-state index contributed by atoms with van der Waals surface area (Å²) in [6.45, 7) is 6.84. The van der Waals surface area contributed by atoms with Crippen molar-refractivity contribution in [2.45, 2.75) is 20.8 Å². The fourth-order valence-corrected chi connectivity index (χ4v) is 0.932. The van der Waals surface area contributed by atoms with Gasteiger partial charge in [0.25, 0.3) is 5.91 Å². The van der Waals surface area contributed by atoms with Crippen LogP contribution < -0.4 is 0 Å². The van der Waals surface area contributed by atoms with Gasteiger partial charge in [-0.25, -0.2) is 5.06 Å². The van der Waals surface area contributed by atoms with Gasteiger partial charge in [-0.15, -0.1) is 0 Å². The van der Waals surface area contributed by atoms with Crippen LogP contribution in [0, 0.1) is 5.41 Å². The van der Waals surface area contributed by atoms with Crippen molar-refractivity contribution >= 4 is 5.91 Å². The summed E-state index contributed by atoms with van der Waals surface area (Å²) in [6, 6.07) is 0. The molecule has 0 spiro atoms. The maximum atomic E-state index is 11.3. The van der Waals surface area contributed by atoms with Crippen LogP contribution >= 0.6 is 0 Å². The highest BCUT2D eigenvalue weighted by atomic mass is 16.7. The number of amides is 1. The Morgan fingerprint density at radius 2 is 2.30 bits per heavy atom. The third-order valence-corrected chi connectivity index (χ3v) is 1.67. The Kier molecular flexibility index (Phi) is 1.68. The van der Waals surface area contributed by atoms with E-state index in [1.807, 2.05) is 20.8 Å². The molecular formula is C7H13NO2. The van der Waals surface area contributed by atoms with Crippen molar-refractivity contribution in [3.05, 3.63) is 0 Å². The predicted molar refractivity (Wildman–Crippen MR) is 37.1 cm³/mol. The Bertz CT molecular complexity index is 154. The van der Waals surface area contributed by atoms with E-state index in [9.17, 15) is 4.79 Å². The summed E-state index contributed by atoms with van der Waals surface area (Å²) in [5.74, 6) is 0.0926. The molecule has 0 bridgehead atoms. The van der Waals surface area contributed by atoms with Crippen molar-refractivity contribution in [3.63, 3.8) is 0 Å². The zero-order valence-corrected chi connectivity index (χ0v) is 6.68. The smallest absolute Gasteiger partial charge is 0.254 e. The Hall–Kier alpha value is -0.570. The van der Waals surface area contributed by atoms with Gasteiger partial charge >= 0.3 is 0 Å². The molecule has 0 aromatic rings. The quantitative estimate of drug-likeness (QED) is 0.543. The highest BCUT2D eigenvalue weighted by Crippen LogP contribution is 2.25. The first-order valence-corrected chi connectivity index (χ1v) is 3.53. The van der Waals surface area contributed by atoms with E-state index in [2.05, 4.69) is 0 Å². The zero-order valence-electron chi connectivity index (χ0n) is 6.68. The first kappa shape index (κ1) is 7.54. The predicted octanol–water partition coefficient (Wildman–Crippen LogP) is 0.806. The molecular weight excluding hydrogens is 130 g/mol. The largest absolute Gasteiger partial charge is 0.272 e. The number of hydroxylamine groups is 2. The Labute approximate surface area is 60.9 Å².